The molecule has 0 fully saturated rings. The number of halogens is 1. The Balaban J connectivity index is 1.94. The molecule has 0 radical (unpaired) electrons. The zero-order chi connectivity index (χ0) is 18.5. The predicted octanol–water partition coefficient (Wildman–Crippen LogP) is 5.28. The van der Waals surface area contributed by atoms with Gasteiger partial charge in [0.05, 0.1) is 12.7 Å². The molecule has 3 rings (SSSR count). The van der Waals surface area contributed by atoms with Crippen molar-refractivity contribution in [3.63, 3.8) is 0 Å². The number of benzene rings is 3. The molecule has 0 heterocycles. The van der Waals surface area contributed by atoms with Gasteiger partial charge in [0.25, 0.3) is 0 Å². The smallest absolute Gasteiger partial charge is 0.163 e. The van der Waals surface area contributed by atoms with Crippen LogP contribution < -0.4 is 9.47 Å². The molecule has 0 aliphatic heterocycles. The molecule has 3 aromatic carbocycles. The highest BCUT2D eigenvalue weighted by molar-refractivity contribution is 5.97. The molecule has 0 spiro atoms. The molecule has 3 aromatic rings. The number of ether oxygens (including phenoxy) is 2. The second-order valence-electron chi connectivity index (χ2n) is 5.89. The van der Waals surface area contributed by atoms with E-state index in [0.717, 1.165) is 5.56 Å². The standard InChI is InChI=1S/C22H19FO3/c1-15(24)19-10-8-17(20-11-9-18(25-2)13-21(20)23)12-22(19)26-14-16-6-4-3-5-7-16/h3-13H,14H2,1-2H3. The Kier molecular flexibility index (Phi) is 5.32. The second kappa shape index (κ2) is 7.83. The first-order valence-electron chi connectivity index (χ1n) is 8.24. The van der Waals surface area contributed by atoms with Crippen molar-refractivity contribution in [1.29, 1.82) is 0 Å². The number of rotatable bonds is 6. The van der Waals surface area contributed by atoms with Crippen LogP contribution in [0.4, 0.5) is 4.39 Å². The lowest BCUT2D eigenvalue weighted by Crippen LogP contribution is -2.02. The zero-order valence-electron chi connectivity index (χ0n) is 14.7. The van der Waals surface area contributed by atoms with Crippen LogP contribution >= 0.6 is 0 Å². The molecule has 26 heavy (non-hydrogen) atoms. The van der Waals surface area contributed by atoms with Crippen molar-refractivity contribution in [3.8, 4) is 22.6 Å². The average Bonchev–Trinajstić information content (AvgIpc) is 2.66. The summed E-state index contributed by atoms with van der Waals surface area (Å²) in [5.74, 6) is 0.393. The maximum atomic E-state index is 14.4. The number of hydrogen-bond donors (Lipinski definition) is 0. The highest BCUT2D eigenvalue weighted by Crippen LogP contribution is 2.31. The fourth-order valence-electron chi connectivity index (χ4n) is 2.69. The molecule has 0 aliphatic rings. The minimum atomic E-state index is -0.395. The summed E-state index contributed by atoms with van der Waals surface area (Å²) < 4.78 is 25.3. The Morgan fingerprint density at radius 3 is 2.42 bits per heavy atom. The third-order valence-electron chi connectivity index (χ3n) is 4.09. The van der Waals surface area contributed by atoms with Gasteiger partial charge in [0.2, 0.25) is 0 Å². The molecule has 0 aliphatic carbocycles. The summed E-state index contributed by atoms with van der Waals surface area (Å²) in [6, 6.07) is 19.4. The first-order chi connectivity index (χ1) is 12.6. The van der Waals surface area contributed by atoms with Crippen LogP contribution in [0.3, 0.4) is 0 Å². The molecule has 4 heteroatoms. The van der Waals surface area contributed by atoms with Gasteiger partial charge in [-0.25, -0.2) is 4.39 Å². The first kappa shape index (κ1) is 17.7. The fraction of sp³-hybridized carbons (Fsp3) is 0.136. The molecule has 3 nitrogen and oxygen atoms in total. The van der Waals surface area contributed by atoms with E-state index in [1.165, 1.54) is 20.1 Å². The molecule has 0 atom stereocenters. The number of carbonyl (C=O) groups excluding carboxylic acids is 1. The van der Waals surface area contributed by atoms with Gasteiger partial charge in [-0.05, 0) is 42.3 Å². The van der Waals surface area contributed by atoms with Crippen molar-refractivity contribution in [2.75, 3.05) is 7.11 Å². The summed E-state index contributed by atoms with van der Waals surface area (Å²) in [5.41, 5.74) is 2.52. The van der Waals surface area contributed by atoms with Gasteiger partial charge < -0.3 is 9.47 Å². The van der Waals surface area contributed by atoms with Crippen molar-refractivity contribution in [2.24, 2.45) is 0 Å². The number of Topliss-reactive ketones (excluding diaryl/α,β-unsaturated/α-hetero) is 1. The lowest BCUT2D eigenvalue weighted by Gasteiger charge is -2.13. The fourth-order valence-corrected chi connectivity index (χ4v) is 2.69. The lowest BCUT2D eigenvalue weighted by molar-refractivity contribution is 0.101. The minimum Gasteiger partial charge on any atom is -0.497 e. The van der Waals surface area contributed by atoms with Crippen molar-refractivity contribution in [1.82, 2.24) is 0 Å². The van der Waals surface area contributed by atoms with Gasteiger partial charge in [0.15, 0.2) is 5.78 Å². The molecule has 132 valence electrons. The van der Waals surface area contributed by atoms with Crippen LogP contribution in [0.25, 0.3) is 11.1 Å². The Morgan fingerprint density at radius 1 is 1.00 bits per heavy atom. The highest BCUT2D eigenvalue weighted by atomic mass is 19.1. The summed E-state index contributed by atoms with van der Waals surface area (Å²) in [5, 5.41) is 0. The van der Waals surface area contributed by atoms with E-state index in [1.54, 1.807) is 30.3 Å². The Labute approximate surface area is 152 Å². The Bertz CT molecular complexity index is 920. The number of methoxy groups -OCH3 is 1. The van der Waals surface area contributed by atoms with E-state index in [2.05, 4.69) is 0 Å². The predicted molar refractivity (Wildman–Crippen MR) is 99.2 cm³/mol. The molecular weight excluding hydrogens is 331 g/mol. The summed E-state index contributed by atoms with van der Waals surface area (Å²) in [4.78, 5) is 11.9. The third kappa shape index (κ3) is 3.91. The van der Waals surface area contributed by atoms with E-state index in [0.29, 0.717) is 34.8 Å². The van der Waals surface area contributed by atoms with Gasteiger partial charge in [-0.2, -0.15) is 0 Å². The maximum Gasteiger partial charge on any atom is 0.163 e. The van der Waals surface area contributed by atoms with E-state index in [9.17, 15) is 9.18 Å². The maximum absolute atomic E-state index is 14.4. The van der Waals surface area contributed by atoms with Gasteiger partial charge in [-0.1, -0.05) is 36.4 Å². The van der Waals surface area contributed by atoms with E-state index in [-0.39, 0.29) is 5.78 Å². The van der Waals surface area contributed by atoms with Crippen molar-refractivity contribution < 1.29 is 18.7 Å². The topological polar surface area (TPSA) is 35.5 Å². The van der Waals surface area contributed by atoms with Crippen LogP contribution in [0.15, 0.2) is 66.7 Å². The lowest BCUT2D eigenvalue weighted by atomic mass is 10.0. The molecule has 0 N–H and O–H groups in total. The summed E-state index contributed by atoms with van der Waals surface area (Å²) in [6.07, 6.45) is 0. The van der Waals surface area contributed by atoms with Crippen molar-refractivity contribution >= 4 is 5.78 Å². The highest BCUT2D eigenvalue weighted by Gasteiger charge is 2.13. The van der Waals surface area contributed by atoms with Crippen LogP contribution in [-0.2, 0) is 6.61 Å². The van der Waals surface area contributed by atoms with Crippen LogP contribution in [0.1, 0.15) is 22.8 Å². The van der Waals surface area contributed by atoms with E-state index in [4.69, 9.17) is 9.47 Å². The van der Waals surface area contributed by atoms with E-state index in [1.807, 2.05) is 30.3 Å². The molecule has 0 saturated carbocycles. The number of ketones is 1. The average molecular weight is 350 g/mol. The van der Waals surface area contributed by atoms with Crippen molar-refractivity contribution in [3.05, 3.63) is 83.7 Å². The largest absolute Gasteiger partial charge is 0.497 e. The van der Waals surface area contributed by atoms with Crippen LogP contribution in [0.5, 0.6) is 11.5 Å². The van der Waals surface area contributed by atoms with Gasteiger partial charge in [-0.15, -0.1) is 0 Å². The van der Waals surface area contributed by atoms with Gasteiger partial charge in [0, 0.05) is 11.6 Å². The summed E-state index contributed by atoms with van der Waals surface area (Å²) in [6.45, 7) is 1.81. The second-order valence-corrected chi connectivity index (χ2v) is 5.89. The van der Waals surface area contributed by atoms with Gasteiger partial charge in [0.1, 0.15) is 23.9 Å². The van der Waals surface area contributed by atoms with Crippen molar-refractivity contribution in [2.45, 2.75) is 13.5 Å². The molecule has 0 amide bonds. The molecule has 0 saturated heterocycles. The SMILES string of the molecule is COc1ccc(-c2ccc(C(C)=O)c(OCc3ccccc3)c2)c(F)c1. The van der Waals surface area contributed by atoms with E-state index >= 15 is 0 Å². The Hall–Kier alpha value is -3.14. The number of carbonyl (C=O) groups is 1. The third-order valence-corrected chi connectivity index (χ3v) is 4.09. The quantitative estimate of drug-likeness (QED) is 0.567. The number of hydrogen-bond acceptors (Lipinski definition) is 3. The molecule has 0 bridgehead atoms. The summed E-state index contributed by atoms with van der Waals surface area (Å²) >= 11 is 0. The minimum absolute atomic E-state index is 0.102. The van der Waals surface area contributed by atoms with Gasteiger partial charge in [-0.3, -0.25) is 4.79 Å². The Morgan fingerprint density at radius 2 is 1.77 bits per heavy atom. The molecule has 0 aromatic heterocycles. The molecular formula is C22H19FO3. The first-order valence-corrected chi connectivity index (χ1v) is 8.24. The zero-order valence-corrected chi connectivity index (χ0v) is 14.7. The summed E-state index contributed by atoms with van der Waals surface area (Å²) in [7, 11) is 1.49. The van der Waals surface area contributed by atoms with Crippen LogP contribution in [0, 0.1) is 5.82 Å². The normalized spacial score (nSPS) is 10.4. The monoisotopic (exact) mass is 350 g/mol. The molecule has 0 unspecified atom stereocenters. The van der Waals surface area contributed by atoms with Gasteiger partial charge >= 0.3 is 0 Å². The van der Waals surface area contributed by atoms with Crippen LogP contribution in [0.2, 0.25) is 0 Å². The van der Waals surface area contributed by atoms with Crippen LogP contribution in [-0.4, -0.2) is 12.9 Å². The van der Waals surface area contributed by atoms with E-state index < -0.39 is 5.82 Å².